The molecule has 130 valence electrons. The number of rotatable bonds is 3. The van der Waals surface area contributed by atoms with Gasteiger partial charge in [-0.25, -0.2) is 9.59 Å². The number of hydrogen-bond donors (Lipinski definition) is 3. The van der Waals surface area contributed by atoms with Crippen LogP contribution < -0.4 is 10.6 Å². The fourth-order valence-corrected chi connectivity index (χ4v) is 2.96. The minimum atomic E-state index is -0.901. The molecule has 3 N–H and O–H groups in total. The minimum Gasteiger partial charge on any atom is -0.465 e. The molecule has 6 heteroatoms. The second kappa shape index (κ2) is 7.25. The molecule has 0 radical (unpaired) electrons. The third kappa shape index (κ3) is 4.09. The standard InChI is InChI=1S/C19H21N3O3/c1-2-13-4-3-5-16(10-13)20-18(23)21-17-7-6-15-12-22(19(24)25)9-8-14(15)11-17/h3-7,10-11H,2,8-9,12H2,1H3,(H,24,25)(H2,20,21,23). The topological polar surface area (TPSA) is 81.7 Å². The van der Waals surface area contributed by atoms with E-state index in [2.05, 4.69) is 17.6 Å². The lowest BCUT2D eigenvalue weighted by molar-refractivity contribution is 0.140. The van der Waals surface area contributed by atoms with Crippen molar-refractivity contribution in [3.63, 3.8) is 0 Å². The number of nitrogens with one attached hydrogen (secondary N) is 2. The van der Waals surface area contributed by atoms with Gasteiger partial charge in [0.2, 0.25) is 0 Å². The Balaban J connectivity index is 1.65. The number of carbonyl (C=O) groups is 2. The van der Waals surface area contributed by atoms with E-state index in [1.54, 1.807) is 6.07 Å². The predicted molar refractivity (Wildman–Crippen MR) is 97.0 cm³/mol. The summed E-state index contributed by atoms with van der Waals surface area (Å²) in [5.41, 5.74) is 4.67. The van der Waals surface area contributed by atoms with E-state index in [4.69, 9.17) is 5.11 Å². The Bertz CT molecular complexity index is 804. The molecule has 0 spiro atoms. The fourth-order valence-electron chi connectivity index (χ4n) is 2.96. The summed E-state index contributed by atoms with van der Waals surface area (Å²) < 4.78 is 0. The molecule has 25 heavy (non-hydrogen) atoms. The van der Waals surface area contributed by atoms with E-state index in [-0.39, 0.29) is 6.03 Å². The van der Waals surface area contributed by atoms with Crippen LogP contribution in [0.5, 0.6) is 0 Å². The largest absolute Gasteiger partial charge is 0.465 e. The summed E-state index contributed by atoms with van der Waals surface area (Å²) in [6.07, 6.45) is 0.661. The zero-order valence-electron chi connectivity index (χ0n) is 14.1. The van der Waals surface area contributed by atoms with Crippen LogP contribution in [-0.2, 0) is 19.4 Å². The molecule has 0 unspecified atom stereocenters. The van der Waals surface area contributed by atoms with Gasteiger partial charge in [-0.3, -0.25) is 0 Å². The van der Waals surface area contributed by atoms with Gasteiger partial charge in [0.15, 0.2) is 0 Å². The first-order chi connectivity index (χ1) is 12.0. The summed E-state index contributed by atoms with van der Waals surface area (Å²) in [5, 5.41) is 14.7. The summed E-state index contributed by atoms with van der Waals surface area (Å²) in [7, 11) is 0. The lowest BCUT2D eigenvalue weighted by atomic mass is 9.99. The minimum absolute atomic E-state index is 0.295. The van der Waals surface area contributed by atoms with Gasteiger partial charge in [0, 0.05) is 24.5 Å². The van der Waals surface area contributed by atoms with E-state index in [0.29, 0.717) is 25.2 Å². The normalized spacial score (nSPS) is 13.1. The molecule has 0 saturated carbocycles. The van der Waals surface area contributed by atoms with Crippen molar-refractivity contribution in [3.8, 4) is 0 Å². The van der Waals surface area contributed by atoms with Crippen LogP contribution in [0.4, 0.5) is 21.0 Å². The monoisotopic (exact) mass is 339 g/mol. The van der Waals surface area contributed by atoms with Crippen LogP contribution in [0, 0.1) is 0 Å². The van der Waals surface area contributed by atoms with Crippen molar-refractivity contribution in [2.45, 2.75) is 26.3 Å². The molecule has 0 saturated heterocycles. The van der Waals surface area contributed by atoms with Gasteiger partial charge in [0.1, 0.15) is 0 Å². The Kier molecular flexibility index (Phi) is 4.88. The fraction of sp³-hybridized carbons (Fsp3) is 0.263. The summed E-state index contributed by atoms with van der Waals surface area (Å²) >= 11 is 0. The van der Waals surface area contributed by atoms with Crippen LogP contribution >= 0.6 is 0 Å². The molecule has 1 heterocycles. The number of carbonyl (C=O) groups excluding carboxylic acids is 1. The third-order valence-electron chi connectivity index (χ3n) is 4.34. The van der Waals surface area contributed by atoms with Gasteiger partial charge >= 0.3 is 12.1 Å². The predicted octanol–water partition coefficient (Wildman–Crippen LogP) is 3.93. The smallest absolute Gasteiger partial charge is 0.407 e. The summed E-state index contributed by atoms with van der Waals surface area (Å²) in [6, 6.07) is 13.0. The molecule has 1 aliphatic rings. The van der Waals surface area contributed by atoms with E-state index in [0.717, 1.165) is 28.8 Å². The van der Waals surface area contributed by atoms with Crippen molar-refractivity contribution in [1.29, 1.82) is 0 Å². The highest BCUT2D eigenvalue weighted by Gasteiger charge is 2.20. The summed E-state index contributed by atoms with van der Waals surface area (Å²) in [4.78, 5) is 24.6. The summed E-state index contributed by atoms with van der Waals surface area (Å²) in [6.45, 7) is 2.93. The molecule has 6 nitrogen and oxygen atoms in total. The second-order valence-electron chi connectivity index (χ2n) is 6.07. The van der Waals surface area contributed by atoms with Crippen molar-refractivity contribution in [2.24, 2.45) is 0 Å². The first-order valence-electron chi connectivity index (χ1n) is 8.32. The van der Waals surface area contributed by atoms with Crippen LogP contribution in [0.25, 0.3) is 0 Å². The Morgan fingerprint density at radius 1 is 1.08 bits per heavy atom. The van der Waals surface area contributed by atoms with Gasteiger partial charge in [0.05, 0.1) is 0 Å². The van der Waals surface area contributed by atoms with Crippen LogP contribution in [0.3, 0.4) is 0 Å². The second-order valence-corrected chi connectivity index (χ2v) is 6.07. The lowest BCUT2D eigenvalue weighted by Gasteiger charge is -2.26. The van der Waals surface area contributed by atoms with E-state index in [9.17, 15) is 9.59 Å². The molecule has 3 rings (SSSR count). The van der Waals surface area contributed by atoms with Gasteiger partial charge in [0.25, 0.3) is 0 Å². The Labute approximate surface area is 146 Å². The van der Waals surface area contributed by atoms with Crippen LogP contribution in [0.15, 0.2) is 42.5 Å². The van der Waals surface area contributed by atoms with Crippen molar-refractivity contribution >= 4 is 23.5 Å². The highest BCUT2D eigenvalue weighted by Crippen LogP contribution is 2.23. The number of amides is 3. The first-order valence-corrected chi connectivity index (χ1v) is 8.32. The van der Waals surface area contributed by atoms with Crippen molar-refractivity contribution in [3.05, 3.63) is 59.2 Å². The zero-order chi connectivity index (χ0) is 17.8. The van der Waals surface area contributed by atoms with Gasteiger partial charge in [-0.05, 0) is 53.8 Å². The average molecular weight is 339 g/mol. The highest BCUT2D eigenvalue weighted by atomic mass is 16.4. The number of carboxylic acid groups (broad SMARTS) is 1. The van der Waals surface area contributed by atoms with E-state index < -0.39 is 6.09 Å². The number of nitrogens with zero attached hydrogens (tertiary/aromatic N) is 1. The molecule has 0 atom stereocenters. The van der Waals surface area contributed by atoms with Crippen molar-refractivity contribution < 1.29 is 14.7 Å². The Hall–Kier alpha value is -3.02. The molecule has 3 amide bonds. The number of urea groups is 1. The Morgan fingerprint density at radius 2 is 1.84 bits per heavy atom. The first kappa shape index (κ1) is 16.8. The van der Waals surface area contributed by atoms with E-state index >= 15 is 0 Å². The SMILES string of the molecule is CCc1cccc(NC(=O)Nc2ccc3c(c2)CCN(C(=O)O)C3)c1. The van der Waals surface area contributed by atoms with Gasteiger partial charge in [-0.2, -0.15) is 0 Å². The molecule has 2 aromatic rings. The molecule has 0 fully saturated rings. The molecular weight excluding hydrogens is 318 g/mol. The maximum absolute atomic E-state index is 12.2. The third-order valence-corrected chi connectivity index (χ3v) is 4.34. The molecule has 0 aromatic heterocycles. The maximum Gasteiger partial charge on any atom is 0.407 e. The quantitative estimate of drug-likeness (QED) is 0.792. The van der Waals surface area contributed by atoms with Crippen molar-refractivity contribution in [1.82, 2.24) is 4.90 Å². The van der Waals surface area contributed by atoms with Crippen LogP contribution in [0.2, 0.25) is 0 Å². The lowest BCUT2D eigenvalue weighted by Crippen LogP contribution is -2.34. The zero-order valence-corrected chi connectivity index (χ0v) is 14.1. The number of hydrogen-bond acceptors (Lipinski definition) is 2. The Morgan fingerprint density at radius 3 is 2.56 bits per heavy atom. The van der Waals surface area contributed by atoms with Crippen LogP contribution in [0.1, 0.15) is 23.6 Å². The molecule has 0 aliphatic carbocycles. The number of fused-ring (bicyclic) bond motifs is 1. The maximum atomic E-state index is 12.2. The van der Waals surface area contributed by atoms with E-state index in [1.165, 1.54) is 4.90 Å². The summed E-state index contributed by atoms with van der Waals surface area (Å²) in [5.74, 6) is 0. The van der Waals surface area contributed by atoms with Gasteiger partial charge < -0.3 is 20.6 Å². The van der Waals surface area contributed by atoms with E-state index in [1.807, 2.05) is 36.4 Å². The molecule has 0 bridgehead atoms. The number of benzene rings is 2. The molecule has 1 aliphatic heterocycles. The average Bonchev–Trinajstić information content (AvgIpc) is 2.61. The van der Waals surface area contributed by atoms with Crippen molar-refractivity contribution in [2.75, 3.05) is 17.2 Å². The van der Waals surface area contributed by atoms with Gasteiger partial charge in [-0.15, -0.1) is 0 Å². The van der Waals surface area contributed by atoms with Crippen LogP contribution in [-0.4, -0.2) is 28.7 Å². The highest BCUT2D eigenvalue weighted by molar-refractivity contribution is 5.99. The molecule has 2 aromatic carbocycles. The number of anilines is 2. The van der Waals surface area contributed by atoms with Gasteiger partial charge in [-0.1, -0.05) is 25.1 Å². The number of aryl methyl sites for hydroxylation is 1. The molecular formula is C19H21N3O3.